The van der Waals surface area contributed by atoms with Gasteiger partial charge < -0.3 is 10.6 Å². The number of hydrogen-bond acceptors (Lipinski definition) is 7. The van der Waals surface area contributed by atoms with Crippen LogP contribution in [0.2, 0.25) is 0 Å². The smallest absolute Gasteiger partial charge is 0.234 e. The van der Waals surface area contributed by atoms with Gasteiger partial charge in [-0.15, -0.1) is 10.2 Å². The molecule has 1 aromatic heterocycles. The van der Waals surface area contributed by atoms with Crippen molar-refractivity contribution in [3.63, 3.8) is 0 Å². The number of rotatable bonds is 6. The quantitative estimate of drug-likeness (QED) is 0.471. The third-order valence-corrected chi connectivity index (χ3v) is 4.56. The Morgan fingerprint density at radius 1 is 1.09 bits per heavy atom. The maximum absolute atomic E-state index is 11.9. The van der Waals surface area contributed by atoms with E-state index in [1.807, 2.05) is 0 Å². The van der Waals surface area contributed by atoms with E-state index < -0.39 is 0 Å². The lowest BCUT2D eigenvalue weighted by Gasteiger charge is -2.04. The van der Waals surface area contributed by atoms with Gasteiger partial charge in [0.15, 0.2) is 10.1 Å². The molecule has 23 heavy (non-hydrogen) atoms. The lowest BCUT2D eigenvalue weighted by molar-refractivity contribution is -0.114. The molecule has 2 aromatic rings. The van der Waals surface area contributed by atoms with Crippen LogP contribution in [-0.2, 0) is 9.59 Å². The van der Waals surface area contributed by atoms with E-state index in [0.29, 0.717) is 20.7 Å². The molecule has 0 aliphatic heterocycles. The maximum Gasteiger partial charge on any atom is 0.234 e. The van der Waals surface area contributed by atoms with Crippen molar-refractivity contribution in [2.75, 3.05) is 16.4 Å². The van der Waals surface area contributed by atoms with Crippen LogP contribution < -0.4 is 10.6 Å². The number of aromatic nitrogens is 2. The van der Waals surface area contributed by atoms with E-state index in [4.69, 9.17) is 0 Å². The molecule has 120 valence electrons. The van der Waals surface area contributed by atoms with Crippen molar-refractivity contribution >= 4 is 51.5 Å². The topological polar surface area (TPSA) is 101 Å². The van der Waals surface area contributed by atoms with Gasteiger partial charge in [0.25, 0.3) is 0 Å². The number of hydrogen-bond donors (Lipinski definition) is 2. The Morgan fingerprint density at radius 2 is 1.78 bits per heavy atom. The van der Waals surface area contributed by atoms with E-state index in [0.717, 1.165) is 0 Å². The fraction of sp³-hybridized carbons (Fsp3) is 0.214. The Balaban J connectivity index is 1.83. The molecule has 0 saturated heterocycles. The molecule has 0 radical (unpaired) electrons. The van der Waals surface area contributed by atoms with Gasteiger partial charge >= 0.3 is 0 Å². The molecule has 2 rings (SSSR count). The predicted octanol–water partition coefficient (Wildman–Crippen LogP) is 2.43. The highest BCUT2D eigenvalue weighted by Gasteiger charge is 2.09. The van der Waals surface area contributed by atoms with Crippen molar-refractivity contribution in [3.05, 3.63) is 29.8 Å². The highest BCUT2D eigenvalue weighted by molar-refractivity contribution is 8.01. The van der Waals surface area contributed by atoms with E-state index in [-0.39, 0.29) is 23.4 Å². The zero-order chi connectivity index (χ0) is 16.8. The second-order valence-corrected chi connectivity index (χ2v) is 6.72. The van der Waals surface area contributed by atoms with Gasteiger partial charge in [-0.1, -0.05) is 23.1 Å². The first-order valence-electron chi connectivity index (χ1n) is 6.59. The molecule has 0 aliphatic rings. The van der Waals surface area contributed by atoms with Gasteiger partial charge in [0.05, 0.1) is 5.75 Å². The summed E-state index contributed by atoms with van der Waals surface area (Å²) in [5.74, 6) is -0.264. The van der Waals surface area contributed by atoms with Crippen molar-refractivity contribution in [1.29, 1.82) is 0 Å². The molecular weight excluding hydrogens is 336 g/mol. The molecule has 0 atom stereocenters. The Kier molecular flexibility index (Phi) is 5.83. The van der Waals surface area contributed by atoms with Gasteiger partial charge in [-0.25, -0.2) is 0 Å². The van der Waals surface area contributed by atoms with Gasteiger partial charge in [0, 0.05) is 18.2 Å². The Labute approximate surface area is 140 Å². The van der Waals surface area contributed by atoms with Crippen LogP contribution in [0.15, 0.2) is 28.6 Å². The SMILES string of the molecule is CC(=O)Nc1nnc(SCC(=O)Nc2ccc(C(C)=O)cc2)s1. The summed E-state index contributed by atoms with van der Waals surface area (Å²) in [6, 6.07) is 6.68. The first-order chi connectivity index (χ1) is 10.9. The number of carbonyl (C=O) groups excluding carboxylic acids is 3. The minimum atomic E-state index is -0.218. The number of Topliss-reactive ketones (excluding diaryl/α,β-unsaturated/α-hetero) is 1. The number of anilines is 2. The number of benzene rings is 1. The average molecular weight is 350 g/mol. The second-order valence-electron chi connectivity index (χ2n) is 4.52. The number of nitrogens with zero attached hydrogens (tertiary/aromatic N) is 2. The molecule has 1 aromatic carbocycles. The molecule has 9 heteroatoms. The summed E-state index contributed by atoms with van der Waals surface area (Å²) in [5, 5.41) is 13.3. The van der Waals surface area contributed by atoms with Crippen LogP contribution in [0.5, 0.6) is 0 Å². The zero-order valence-corrected chi connectivity index (χ0v) is 14.1. The van der Waals surface area contributed by atoms with Crippen molar-refractivity contribution in [3.8, 4) is 0 Å². The van der Waals surface area contributed by atoms with E-state index in [2.05, 4.69) is 20.8 Å². The van der Waals surface area contributed by atoms with E-state index in [9.17, 15) is 14.4 Å². The van der Waals surface area contributed by atoms with Gasteiger partial charge in [-0.3, -0.25) is 14.4 Å². The fourth-order valence-electron chi connectivity index (χ4n) is 1.58. The second kappa shape index (κ2) is 7.84. The maximum atomic E-state index is 11.9. The van der Waals surface area contributed by atoms with Crippen molar-refractivity contribution in [2.45, 2.75) is 18.2 Å². The molecule has 0 unspecified atom stereocenters. The average Bonchev–Trinajstić information content (AvgIpc) is 2.92. The summed E-state index contributed by atoms with van der Waals surface area (Å²) in [5.41, 5.74) is 1.22. The molecule has 2 amide bonds. The van der Waals surface area contributed by atoms with Crippen molar-refractivity contribution in [2.24, 2.45) is 0 Å². The van der Waals surface area contributed by atoms with Gasteiger partial charge in [-0.2, -0.15) is 0 Å². The molecule has 0 spiro atoms. The molecular formula is C14H14N4O3S2. The third-order valence-electron chi connectivity index (χ3n) is 2.59. The number of ketones is 1. The highest BCUT2D eigenvalue weighted by atomic mass is 32.2. The normalized spacial score (nSPS) is 10.2. The van der Waals surface area contributed by atoms with Crippen LogP contribution in [0.3, 0.4) is 0 Å². The lowest BCUT2D eigenvalue weighted by atomic mass is 10.1. The summed E-state index contributed by atoms with van der Waals surface area (Å²) in [7, 11) is 0. The van der Waals surface area contributed by atoms with Gasteiger partial charge in [-0.05, 0) is 31.2 Å². The summed E-state index contributed by atoms with van der Waals surface area (Å²) >= 11 is 2.44. The van der Waals surface area contributed by atoms with Crippen LogP contribution in [-0.4, -0.2) is 33.5 Å². The fourth-order valence-corrected chi connectivity index (χ4v) is 3.18. The molecule has 7 nitrogen and oxygen atoms in total. The minimum Gasteiger partial charge on any atom is -0.325 e. The lowest BCUT2D eigenvalue weighted by Crippen LogP contribution is -2.14. The Bertz CT molecular complexity index is 728. The third kappa shape index (κ3) is 5.46. The largest absolute Gasteiger partial charge is 0.325 e. The first-order valence-corrected chi connectivity index (χ1v) is 8.39. The predicted molar refractivity (Wildman–Crippen MR) is 90.0 cm³/mol. The van der Waals surface area contributed by atoms with Crippen LogP contribution in [0.1, 0.15) is 24.2 Å². The van der Waals surface area contributed by atoms with Crippen LogP contribution in [0.4, 0.5) is 10.8 Å². The van der Waals surface area contributed by atoms with E-state index >= 15 is 0 Å². The molecule has 0 saturated carbocycles. The highest BCUT2D eigenvalue weighted by Crippen LogP contribution is 2.25. The number of amides is 2. The molecule has 0 bridgehead atoms. The van der Waals surface area contributed by atoms with Crippen LogP contribution in [0, 0.1) is 0 Å². The zero-order valence-electron chi connectivity index (χ0n) is 12.5. The number of carbonyl (C=O) groups is 3. The summed E-state index contributed by atoms with van der Waals surface area (Å²) in [6.07, 6.45) is 0. The monoisotopic (exact) mass is 350 g/mol. The summed E-state index contributed by atoms with van der Waals surface area (Å²) < 4.78 is 0.593. The molecule has 0 aliphatic carbocycles. The minimum absolute atomic E-state index is 0.0234. The molecule has 2 N–H and O–H groups in total. The van der Waals surface area contributed by atoms with Crippen LogP contribution >= 0.6 is 23.1 Å². The molecule has 0 fully saturated rings. The van der Waals surface area contributed by atoms with E-state index in [1.54, 1.807) is 24.3 Å². The van der Waals surface area contributed by atoms with Gasteiger partial charge in [0.1, 0.15) is 0 Å². The first kappa shape index (κ1) is 17.1. The van der Waals surface area contributed by atoms with Crippen molar-refractivity contribution in [1.82, 2.24) is 10.2 Å². The summed E-state index contributed by atoms with van der Waals surface area (Å²) in [4.78, 5) is 33.9. The van der Waals surface area contributed by atoms with Crippen LogP contribution in [0.25, 0.3) is 0 Å². The number of nitrogens with one attached hydrogen (secondary N) is 2. The summed E-state index contributed by atoms with van der Waals surface area (Å²) in [6.45, 7) is 2.88. The number of thioether (sulfide) groups is 1. The molecule has 1 heterocycles. The van der Waals surface area contributed by atoms with E-state index in [1.165, 1.54) is 36.9 Å². The standard InChI is InChI=1S/C14H14N4O3S2/c1-8(19)10-3-5-11(6-4-10)16-12(21)7-22-14-18-17-13(23-14)15-9(2)20/h3-6H,7H2,1-2H3,(H,16,21)(H,15,17,20). The van der Waals surface area contributed by atoms with Crippen molar-refractivity contribution < 1.29 is 14.4 Å². The Morgan fingerprint density at radius 3 is 2.39 bits per heavy atom. The Hall–Kier alpha value is -2.26. The van der Waals surface area contributed by atoms with Gasteiger partial charge in [0.2, 0.25) is 16.9 Å².